The molecule has 0 saturated heterocycles. The van der Waals surface area contributed by atoms with Crippen molar-refractivity contribution in [2.24, 2.45) is 10.2 Å². The maximum atomic E-state index is 3.73. The van der Waals surface area contributed by atoms with Gasteiger partial charge in [0, 0.05) is 13.3 Å². The van der Waals surface area contributed by atoms with E-state index in [9.17, 15) is 0 Å². The summed E-state index contributed by atoms with van der Waals surface area (Å²) in [6.45, 7) is 2.10. The molecule has 0 rings (SSSR count). The topological polar surface area (TPSA) is 36.8 Å². The van der Waals surface area contributed by atoms with E-state index in [4.69, 9.17) is 0 Å². The van der Waals surface area contributed by atoms with Gasteiger partial charge in [0.1, 0.15) is 6.34 Å². The molecule has 0 aliphatic carbocycles. The van der Waals surface area contributed by atoms with Crippen LogP contribution in [0.25, 0.3) is 0 Å². The quantitative estimate of drug-likeness (QED) is 0.341. The summed E-state index contributed by atoms with van der Waals surface area (Å²) in [4.78, 5) is 0. The second kappa shape index (κ2) is 7.14. The zero-order chi connectivity index (χ0) is 6.95. The number of unbranched alkanes of at least 4 members (excludes halogenated alkanes) is 1. The molecule has 0 fully saturated rings. The summed E-state index contributed by atoms with van der Waals surface area (Å²) >= 11 is 0. The fourth-order valence-electron chi connectivity index (χ4n) is 0.325. The summed E-state index contributed by atoms with van der Waals surface area (Å²) in [5.74, 6) is 0. The third-order valence-corrected chi connectivity index (χ3v) is 0.753. The average molecular weight is 127 g/mol. The minimum atomic E-state index is 1.00. The summed E-state index contributed by atoms with van der Waals surface area (Å²) in [6.07, 6.45) is 5.47. The molecular formula is C6H13N3. The molecular weight excluding hydrogens is 114 g/mol. The van der Waals surface area contributed by atoms with Crippen LogP contribution in [0.2, 0.25) is 0 Å². The van der Waals surface area contributed by atoms with Gasteiger partial charge in [-0.3, -0.25) is 0 Å². The van der Waals surface area contributed by atoms with Crippen LogP contribution < -0.4 is 5.32 Å². The molecule has 1 N–H and O–H groups in total. The molecule has 0 saturated carbocycles. The van der Waals surface area contributed by atoms with Gasteiger partial charge in [-0.05, 0) is 6.42 Å². The van der Waals surface area contributed by atoms with Crippen LogP contribution >= 0.6 is 0 Å². The zero-order valence-corrected chi connectivity index (χ0v) is 5.96. The monoisotopic (exact) mass is 127 g/mol. The molecule has 0 amide bonds. The fourth-order valence-corrected chi connectivity index (χ4v) is 0.325. The van der Waals surface area contributed by atoms with E-state index in [2.05, 4.69) is 22.4 Å². The third kappa shape index (κ3) is 7.14. The molecule has 0 heterocycles. The first-order valence-electron chi connectivity index (χ1n) is 3.12. The Morgan fingerprint density at radius 3 is 2.78 bits per heavy atom. The zero-order valence-electron chi connectivity index (χ0n) is 5.96. The standard InChI is InChI=1S/C6H13N3/c1-3-4-5-8-9-6-7-2/h5-6H,3-4H2,1-2H3,(H,7,9)/b8-5-. The smallest absolute Gasteiger partial charge is 0.111 e. The molecule has 0 unspecified atom stereocenters. The van der Waals surface area contributed by atoms with Crippen molar-refractivity contribution in [1.82, 2.24) is 5.32 Å². The third-order valence-electron chi connectivity index (χ3n) is 0.753. The molecule has 0 aromatic heterocycles. The lowest BCUT2D eigenvalue weighted by atomic mass is 10.4. The molecule has 0 aliphatic heterocycles. The van der Waals surface area contributed by atoms with Crippen molar-refractivity contribution >= 4 is 12.6 Å². The summed E-state index contributed by atoms with van der Waals surface area (Å²) in [6, 6.07) is 0. The molecule has 52 valence electrons. The van der Waals surface area contributed by atoms with Gasteiger partial charge in [0.15, 0.2) is 0 Å². The highest BCUT2D eigenvalue weighted by Gasteiger charge is 1.69. The van der Waals surface area contributed by atoms with Crippen molar-refractivity contribution in [2.75, 3.05) is 7.05 Å². The fraction of sp³-hybridized carbons (Fsp3) is 0.667. The minimum absolute atomic E-state index is 1.00. The lowest BCUT2D eigenvalue weighted by Crippen LogP contribution is -1.99. The predicted molar refractivity (Wildman–Crippen MR) is 41.0 cm³/mol. The SMILES string of the molecule is CCC/C=N\N=C/NC. The van der Waals surface area contributed by atoms with Gasteiger partial charge in [-0.1, -0.05) is 13.3 Å². The summed E-state index contributed by atoms with van der Waals surface area (Å²) in [5, 5.41) is 10.1. The predicted octanol–water partition coefficient (Wildman–Crippen LogP) is 1.02. The van der Waals surface area contributed by atoms with E-state index in [0.29, 0.717) is 0 Å². The van der Waals surface area contributed by atoms with Crippen LogP contribution in [0.4, 0.5) is 0 Å². The van der Waals surface area contributed by atoms with Crippen LogP contribution in [0.5, 0.6) is 0 Å². The first-order chi connectivity index (χ1) is 4.41. The van der Waals surface area contributed by atoms with Gasteiger partial charge in [0.25, 0.3) is 0 Å². The highest BCUT2D eigenvalue weighted by atomic mass is 15.2. The largest absolute Gasteiger partial charge is 0.378 e. The number of hydrogen-bond donors (Lipinski definition) is 1. The Morgan fingerprint density at radius 1 is 1.44 bits per heavy atom. The minimum Gasteiger partial charge on any atom is -0.378 e. The van der Waals surface area contributed by atoms with Crippen LogP contribution in [0.1, 0.15) is 19.8 Å². The van der Waals surface area contributed by atoms with Gasteiger partial charge < -0.3 is 5.32 Å². The highest BCUT2D eigenvalue weighted by Crippen LogP contribution is 1.79. The van der Waals surface area contributed by atoms with Crippen LogP contribution in [0.15, 0.2) is 10.2 Å². The number of nitrogens with one attached hydrogen (secondary N) is 1. The Hall–Kier alpha value is -0.860. The normalized spacial score (nSPS) is 11.3. The van der Waals surface area contributed by atoms with Crippen LogP contribution in [-0.4, -0.2) is 19.6 Å². The van der Waals surface area contributed by atoms with E-state index in [1.165, 1.54) is 0 Å². The van der Waals surface area contributed by atoms with E-state index in [1.54, 1.807) is 19.6 Å². The van der Waals surface area contributed by atoms with E-state index in [1.807, 2.05) is 0 Å². The second-order valence-corrected chi connectivity index (χ2v) is 1.62. The Labute approximate surface area is 55.9 Å². The summed E-state index contributed by atoms with van der Waals surface area (Å²) in [5.41, 5.74) is 0. The Balaban J connectivity index is 3.13. The molecule has 3 heteroatoms. The van der Waals surface area contributed by atoms with E-state index >= 15 is 0 Å². The van der Waals surface area contributed by atoms with E-state index < -0.39 is 0 Å². The molecule has 0 spiro atoms. The summed E-state index contributed by atoms with van der Waals surface area (Å²) < 4.78 is 0. The number of nitrogens with zero attached hydrogens (tertiary/aromatic N) is 2. The molecule has 0 atom stereocenters. The van der Waals surface area contributed by atoms with Crippen LogP contribution in [0, 0.1) is 0 Å². The first kappa shape index (κ1) is 8.14. The Kier molecular flexibility index (Phi) is 6.46. The first-order valence-corrected chi connectivity index (χ1v) is 3.12. The van der Waals surface area contributed by atoms with E-state index in [0.717, 1.165) is 12.8 Å². The van der Waals surface area contributed by atoms with Gasteiger partial charge in [0.2, 0.25) is 0 Å². The van der Waals surface area contributed by atoms with Gasteiger partial charge in [0.05, 0.1) is 0 Å². The van der Waals surface area contributed by atoms with E-state index in [-0.39, 0.29) is 0 Å². The van der Waals surface area contributed by atoms with Crippen molar-refractivity contribution in [1.29, 1.82) is 0 Å². The number of rotatable bonds is 4. The average Bonchev–Trinajstić information content (AvgIpc) is 1.89. The van der Waals surface area contributed by atoms with Gasteiger partial charge in [-0.15, -0.1) is 5.10 Å². The lowest BCUT2D eigenvalue weighted by Gasteiger charge is -1.80. The molecule has 0 radical (unpaired) electrons. The van der Waals surface area contributed by atoms with Crippen LogP contribution in [0.3, 0.4) is 0 Å². The molecule has 0 aliphatic rings. The van der Waals surface area contributed by atoms with Crippen molar-refractivity contribution < 1.29 is 0 Å². The van der Waals surface area contributed by atoms with Gasteiger partial charge in [-0.2, -0.15) is 5.10 Å². The maximum absolute atomic E-state index is 3.73. The number of hydrogen-bond acceptors (Lipinski definition) is 2. The van der Waals surface area contributed by atoms with Crippen molar-refractivity contribution in [3.63, 3.8) is 0 Å². The molecule has 0 bridgehead atoms. The molecule has 3 nitrogen and oxygen atoms in total. The van der Waals surface area contributed by atoms with Crippen LogP contribution in [-0.2, 0) is 0 Å². The van der Waals surface area contributed by atoms with Crippen molar-refractivity contribution in [2.45, 2.75) is 19.8 Å². The summed E-state index contributed by atoms with van der Waals surface area (Å²) in [7, 11) is 1.79. The molecule has 0 aromatic carbocycles. The second-order valence-electron chi connectivity index (χ2n) is 1.62. The van der Waals surface area contributed by atoms with Crippen molar-refractivity contribution in [3.05, 3.63) is 0 Å². The highest BCUT2D eigenvalue weighted by molar-refractivity contribution is 5.59. The van der Waals surface area contributed by atoms with Gasteiger partial charge >= 0.3 is 0 Å². The molecule has 9 heavy (non-hydrogen) atoms. The maximum Gasteiger partial charge on any atom is 0.111 e. The van der Waals surface area contributed by atoms with Crippen molar-refractivity contribution in [3.8, 4) is 0 Å². The lowest BCUT2D eigenvalue weighted by molar-refractivity contribution is 0.999. The Bertz CT molecular complexity index is 96.5. The van der Waals surface area contributed by atoms with Gasteiger partial charge in [-0.25, -0.2) is 0 Å². The molecule has 0 aromatic rings. The Morgan fingerprint density at radius 2 is 2.22 bits per heavy atom.